The number of anilines is 1. The van der Waals surface area contributed by atoms with Crippen LogP contribution in [-0.4, -0.2) is 22.1 Å². The molecule has 82 valence electrons. The molecule has 0 spiro atoms. The Morgan fingerprint density at radius 2 is 2.13 bits per heavy atom. The fraction of sp³-hybridized carbons (Fsp3) is 0.636. The van der Waals surface area contributed by atoms with Gasteiger partial charge in [-0.05, 0) is 33.1 Å². The number of nitrogens with two attached hydrogens (primary N) is 1. The SMILES string of the molecule is Cc1cc(NC2CCCC2N)nc(C)n1. The predicted molar refractivity (Wildman–Crippen MR) is 60.7 cm³/mol. The van der Waals surface area contributed by atoms with E-state index in [-0.39, 0.29) is 6.04 Å². The minimum absolute atomic E-state index is 0.264. The first-order chi connectivity index (χ1) is 7.15. The maximum absolute atomic E-state index is 6.00. The lowest BCUT2D eigenvalue weighted by Crippen LogP contribution is -2.35. The lowest BCUT2D eigenvalue weighted by Gasteiger charge is -2.18. The fourth-order valence-electron chi connectivity index (χ4n) is 2.15. The number of hydrogen-bond acceptors (Lipinski definition) is 4. The Bertz CT molecular complexity index is 330. The highest BCUT2D eigenvalue weighted by molar-refractivity contribution is 5.37. The Kier molecular flexibility index (Phi) is 2.86. The van der Waals surface area contributed by atoms with Crippen molar-refractivity contribution in [1.82, 2.24) is 9.97 Å². The minimum Gasteiger partial charge on any atom is -0.366 e. The van der Waals surface area contributed by atoms with Crippen LogP contribution < -0.4 is 11.1 Å². The average Bonchev–Trinajstić information content (AvgIpc) is 2.50. The summed E-state index contributed by atoms with van der Waals surface area (Å²) in [4.78, 5) is 8.60. The van der Waals surface area contributed by atoms with E-state index in [0.29, 0.717) is 6.04 Å². The molecular formula is C11H18N4. The quantitative estimate of drug-likeness (QED) is 0.767. The standard InChI is InChI=1S/C11H18N4/c1-7-6-11(14-8(2)13-7)15-10-5-3-4-9(10)12/h6,9-10H,3-5,12H2,1-2H3,(H,13,14,15). The summed E-state index contributed by atoms with van der Waals surface area (Å²) in [6, 6.07) is 2.61. The van der Waals surface area contributed by atoms with E-state index in [1.807, 2.05) is 19.9 Å². The van der Waals surface area contributed by atoms with Gasteiger partial charge in [0.05, 0.1) is 0 Å². The van der Waals surface area contributed by atoms with Gasteiger partial charge in [0.25, 0.3) is 0 Å². The molecule has 1 aliphatic rings. The van der Waals surface area contributed by atoms with Gasteiger partial charge in [-0.3, -0.25) is 0 Å². The Hall–Kier alpha value is -1.16. The molecule has 1 heterocycles. The van der Waals surface area contributed by atoms with Crippen molar-refractivity contribution >= 4 is 5.82 Å². The van der Waals surface area contributed by atoms with Gasteiger partial charge in [0.1, 0.15) is 11.6 Å². The monoisotopic (exact) mass is 206 g/mol. The summed E-state index contributed by atoms with van der Waals surface area (Å²) in [6.45, 7) is 3.89. The van der Waals surface area contributed by atoms with Gasteiger partial charge in [-0.2, -0.15) is 0 Å². The van der Waals surface area contributed by atoms with Crippen LogP contribution in [-0.2, 0) is 0 Å². The molecule has 3 N–H and O–H groups in total. The molecule has 0 bridgehead atoms. The molecule has 2 atom stereocenters. The zero-order valence-corrected chi connectivity index (χ0v) is 9.33. The van der Waals surface area contributed by atoms with Crippen LogP contribution >= 0.6 is 0 Å². The molecule has 0 aliphatic heterocycles. The van der Waals surface area contributed by atoms with E-state index in [2.05, 4.69) is 15.3 Å². The summed E-state index contributed by atoms with van der Waals surface area (Å²) >= 11 is 0. The largest absolute Gasteiger partial charge is 0.366 e. The van der Waals surface area contributed by atoms with E-state index < -0.39 is 0 Å². The molecule has 0 amide bonds. The van der Waals surface area contributed by atoms with Crippen molar-refractivity contribution in [2.24, 2.45) is 5.73 Å². The number of hydrogen-bond donors (Lipinski definition) is 2. The first kappa shape index (κ1) is 10.4. The Balaban J connectivity index is 2.10. The van der Waals surface area contributed by atoms with Gasteiger partial charge in [-0.1, -0.05) is 0 Å². The van der Waals surface area contributed by atoms with Gasteiger partial charge in [-0.15, -0.1) is 0 Å². The van der Waals surface area contributed by atoms with Gasteiger partial charge in [0, 0.05) is 23.8 Å². The number of aromatic nitrogens is 2. The zero-order chi connectivity index (χ0) is 10.8. The van der Waals surface area contributed by atoms with Crippen molar-refractivity contribution in [3.05, 3.63) is 17.6 Å². The van der Waals surface area contributed by atoms with Crippen molar-refractivity contribution in [3.8, 4) is 0 Å². The zero-order valence-electron chi connectivity index (χ0n) is 9.33. The molecular weight excluding hydrogens is 188 g/mol. The highest BCUT2D eigenvalue weighted by Crippen LogP contribution is 2.20. The van der Waals surface area contributed by atoms with Gasteiger partial charge in [0.15, 0.2) is 0 Å². The molecule has 15 heavy (non-hydrogen) atoms. The smallest absolute Gasteiger partial charge is 0.130 e. The topological polar surface area (TPSA) is 63.8 Å². The molecule has 1 aliphatic carbocycles. The van der Waals surface area contributed by atoms with Crippen LogP contribution in [0, 0.1) is 13.8 Å². The average molecular weight is 206 g/mol. The van der Waals surface area contributed by atoms with Crippen LogP contribution in [0.15, 0.2) is 6.07 Å². The van der Waals surface area contributed by atoms with E-state index in [0.717, 1.165) is 30.2 Å². The van der Waals surface area contributed by atoms with Gasteiger partial charge in [-0.25, -0.2) is 9.97 Å². The lowest BCUT2D eigenvalue weighted by molar-refractivity contribution is 0.635. The normalized spacial score (nSPS) is 25.5. The number of aryl methyl sites for hydroxylation is 2. The minimum atomic E-state index is 0.264. The Morgan fingerprint density at radius 1 is 1.33 bits per heavy atom. The molecule has 4 nitrogen and oxygen atoms in total. The second kappa shape index (κ2) is 4.14. The molecule has 2 rings (SSSR count). The van der Waals surface area contributed by atoms with E-state index in [1.54, 1.807) is 0 Å². The first-order valence-corrected chi connectivity index (χ1v) is 5.49. The van der Waals surface area contributed by atoms with Crippen LogP contribution in [0.3, 0.4) is 0 Å². The lowest BCUT2D eigenvalue weighted by atomic mass is 10.2. The molecule has 1 saturated carbocycles. The Morgan fingerprint density at radius 3 is 2.73 bits per heavy atom. The summed E-state index contributed by atoms with van der Waals surface area (Å²) < 4.78 is 0. The molecule has 4 heteroatoms. The second-order valence-electron chi connectivity index (χ2n) is 4.29. The third-order valence-electron chi connectivity index (χ3n) is 2.87. The van der Waals surface area contributed by atoms with Crippen LogP contribution in [0.5, 0.6) is 0 Å². The summed E-state index contributed by atoms with van der Waals surface area (Å²) in [5.74, 6) is 1.71. The molecule has 1 aromatic heterocycles. The third kappa shape index (κ3) is 2.45. The van der Waals surface area contributed by atoms with Crippen molar-refractivity contribution in [3.63, 3.8) is 0 Å². The van der Waals surface area contributed by atoms with E-state index in [1.165, 1.54) is 6.42 Å². The number of nitrogens with zero attached hydrogens (tertiary/aromatic N) is 2. The van der Waals surface area contributed by atoms with E-state index in [9.17, 15) is 0 Å². The fourth-order valence-corrected chi connectivity index (χ4v) is 2.15. The van der Waals surface area contributed by atoms with Crippen LogP contribution in [0.4, 0.5) is 5.82 Å². The maximum Gasteiger partial charge on any atom is 0.130 e. The highest BCUT2D eigenvalue weighted by Gasteiger charge is 2.23. The van der Waals surface area contributed by atoms with Crippen LogP contribution in [0.2, 0.25) is 0 Å². The number of nitrogens with one attached hydrogen (secondary N) is 1. The van der Waals surface area contributed by atoms with Gasteiger partial charge >= 0.3 is 0 Å². The Labute approximate surface area is 90.3 Å². The molecule has 0 saturated heterocycles. The molecule has 1 fully saturated rings. The van der Waals surface area contributed by atoms with Gasteiger partial charge in [0.2, 0.25) is 0 Å². The summed E-state index contributed by atoms with van der Waals surface area (Å²) in [5.41, 5.74) is 6.99. The molecule has 0 aromatic carbocycles. The van der Waals surface area contributed by atoms with Crippen LogP contribution in [0.1, 0.15) is 30.8 Å². The second-order valence-corrected chi connectivity index (χ2v) is 4.29. The van der Waals surface area contributed by atoms with E-state index in [4.69, 9.17) is 5.73 Å². The van der Waals surface area contributed by atoms with Crippen molar-refractivity contribution in [2.45, 2.75) is 45.2 Å². The summed E-state index contributed by atoms with van der Waals surface area (Å²) in [7, 11) is 0. The first-order valence-electron chi connectivity index (χ1n) is 5.49. The molecule has 0 radical (unpaired) electrons. The maximum atomic E-state index is 6.00. The van der Waals surface area contributed by atoms with Crippen molar-refractivity contribution < 1.29 is 0 Å². The third-order valence-corrected chi connectivity index (χ3v) is 2.87. The van der Waals surface area contributed by atoms with Crippen molar-refractivity contribution in [2.75, 3.05) is 5.32 Å². The predicted octanol–water partition coefficient (Wildman–Crippen LogP) is 1.39. The summed E-state index contributed by atoms with van der Waals surface area (Å²) in [6.07, 6.45) is 3.46. The number of rotatable bonds is 2. The highest BCUT2D eigenvalue weighted by atomic mass is 15.1. The summed E-state index contributed by atoms with van der Waals surface area (Å²) in [5, 5.41) is 3.40. The van der Waals surface area contributed by atoms with Crippen LogP contribution in [0.25, 0.3) is 0 Å². The van der Waals surface area contributed by atoms with Crippen molar-refractivity contribution in [1.29, 1.82) is 0 Å². The molecule has 1 aromatic rings. The van der Waals surface area contributed by atoms with Gasteiger partial charge < -0.3 is 11.1 Å². The van der Waals surface area contributed by atoms with E-state index >= 15 is 0 Å². The molecule has 2 unspecified atom stereocenters.